The highest BCUT2D eigenvalue weighted by Gasteiger charge is 2.23. The van der Waals surface area contributed by atoms with Crippen LogP contribution in [0.4, 0.5) is 0 Å². The largest absolute Gasteiger partial charge is 0.298 e. The number of rotatable bonds is 0. The van der Waals surface area contributed by atoms with Gasteiger partial charge in [0.2, 0.25) is 0 Å². The maximum Gasteiger partial charge on any atom is 0.149 e. The summed E-state index contributed by atoms with van der Waals surface area (Å²) in [6.45, 7) is 0. The summed E-state index contributed by atoms with van der Waals surface area (Å²) in [4.78, 5) is 10.6. The van der Waals surface area contributed by atoms with E-state index in [1.165, 1.54) is 0 Å². The molecule has 2 nitrogen and oxygen atoms in total. The molecule has 0 N–H and O–H groups in total. The van der Waals surface area contributed by atoms with E-state index in [4.69, 9.17) is 5.26 Å². The first kappa shape index (κ1) is 5.30. The predicted molar refractivity (Wildman–Crippen MR) is 28.0 cm³/mol. The second kappa shape index (κ2) is 1.95. The minimum atomic E-state index is -0.269. The molecular weight excluding hydrogens is 102 g/mol. The van der Waals surface area contributed by atoms with Crippen LogP contribution in [0, 0.1) is 17.2 Å². The lowest BCUT2D eigenvalue weighted by atomic mass is 10.1. The number of Topliss-reactive ketones (excluding diaryl/α,β-unsaturated/α-hetero) is 1. The van der Waals surface area contributed by atoms with E-state index in [1.807, 2.05) is 6.07 Å². The van der Waals surface area contributed by atoms with Gasteiger partial charge < -0.3 is 0 Å². The van der Waals surface area contributed by atoms with Crippen LogP contribution in [0.15, 0.2) is 0 Å². The Hall–Kier alpha value is -0.840. The molecule has 0 unspecified atom stereocenters. The van der Waals surface area contributed by atoms with Crippen molar-refractivity contribution >= 4 is 5.78 Å². The van der Waals surface area contributed by atoms with Crippen molar-refractivity contribution in [1.29, 1.82) is 5.26 Å². The molecule has 1 rings (SSSR count). The first-order chi connectivity index (χ1) is 3.84. The summed E-state index contributed by atoms with van der Waals surface area (Å²) < 4.78 is 0. The Bertz CT molecular complexity index is 145. The van der Waals surface area contributed by atoms with Gasteiger partial charge >= 0.3 is 0 Å². The van der Waals surface area contributed by atoms with Crippen molar-refractivity contribution in [3.8, 4) is 6.07 Å². The third-order valence-electron chi connectivity index (χ3n) is 1.46. The fraction of sp³-hybridized carbons (Fsp3) is 0.667. The molecule has 0 aromatic carbocycles. The Morgan fingerprint density at radius 2 is 2.50 bits per heavy atom. The highest BCUT2D eigenvalue weighted by Crippen LogP contribution is 2.19. The molecule has 0 aromatic rings. The normalized spacial score (nSPS) is 27.9. The molecule has 0 radical (unpaired) electrons. The zero-order chi connectivity index (χ0) is 5.98. The first-order valence-electron chi connectivity index (χ1n) is 2.77. The lowest BCUT2D eigenvalue weighted by molar-refractivity contribution is -0.119. The third kappa shape index (κ3) is 0.717. The van der Waals surface area contributed by atoms with Gasteiger partial charge in [0.25, 0.3) is 0 Å². The molecular formula is C6H7NO. The number of hydrogen-bond donors (Lipinski definition) is 0. The average Bonchev–Trinajstić information content (AvgIpc) is 2.14. The molecule has 1 aliphatic carbocycles. The van der Waals surface area contributed by atoms with Crippen molar-refractivity contribution in [3.63, 3.8) is 0 Å². The molecule has 0 spiro atoms. The Labute approximate surface area is 48.1 Å². The molecule has 1 fully saturated rings. The second-order valence-electron chi connectivity index (χ2n) is 2.04. The highest BCUT2D eigenvalue weighted by molar-refractivity contribution is 5.85. The molecule has 2 heteroatoms. The van der Waals surface area contributed by atoms with Gasteiger partial charge in [0.1, 0.15) is 11.7 Å². The van der Waals surface area contributed by atoms with E-state index in [0.717, 1.165) is 12.8 Å². The number of carbonyl (C=O) groups is 1. The molecule has 0 aliphatic heterocycles. The molecule has 0 saturated heterocycles. The van der Waals surface area contributed by atoms with Crippen LogP contribution in [-0.2, 0) is 4.79 Å². The Morgan fingerprint density at radius 3 is 2.75 bits per heavy atom. The van der Waals surface area contributed by atoms with Gasteiger partial charge in [-0.25, -0.2) is 0 Å². The molecule has 1 aliphatic rings. The molecule has 0 bridgehead atoms. The van der Waals surface area contributed by atoms with Crippen LogP contribution in [0.2, 0.25) is 0 Å². The standard InChI is InChI=1S/C6H7NO/c7-4-5-2-1-3-6(5)8/h5H,1-3H2/t5-/m0/s1. The summed E-state index contributed by atoms with van der Waals surface area (Å²) in [5.41, 5.74) is 0. The van der Waals surface area contributed by atoms with Crippen LogP contribution < -0.4 is 0 Å². The summed E-state index contributed by atoms with van der Waals surface area (Å²) in [7, 11) is 0. The summed E-state index contributed by atoms with van der Waals surface area (Å²) in [6, 6.07) is 1.96. The Kier molecular flexibility index (Phi) is 1.29. The van der Waals surface area contributed by atoms with Gasteiger partial charge in [-0.1, -0.05) is 0 Å². The van der Waals surface area contributed by atoms with Crippen molar-refractivity contribution in [3.05, 3.63) is 0 Å². The molecule has 0 heterocycles. The number of nitrogens with zero attached hydrogens (tertiary/aromatic N) is 1. The van der Waals surface area contributed by atoms with Gasteiger partial charge in [0, 0.05) is 6.42 Å². The number of ketones is 1. The zero-order valence-corrected chi connectivity index (χ0v) is 4.55. The minimum absolute atomic E-state index is 0.132. The van der Waals surface area contributed by atoms with E-state index in [2.05, 4.69) is 0 Å². The maximum absolute atomic E-state index is 10.6. The summed E-state index contributed by atoms with van der Waals surface area (Å²) in [6.07, 6.45) is 2.32. The Morgan fingerprint density at radius 1 is 1.75 bits per heavy atom. The van der Waals surface area contributed by atoms with Crippen LogP contribution in [0.1, 0.15) is 19.3 Å². The van der Waals surface area contributed by atoms with Gasteiger partial charge in [-0.15, -0.1) is 0 Å². The molecule has 42 valence electrons. The van der Waals surface area contributed by atoms with Crippen molar-refractivity contribution in [2.75, 3.05) is 0 Å². The average molecular weight is 109 g/mol. The Balaban J connectivity index is 2.58. The van der Waals surface area contributed by atoms with Crippen molar-refractivity contribution in [2.45, 2.75) is 19.3 Å². The van der Waals surface area contributed by atoms with Gasteiger partial charge in [-0.3, -0.25) is 4.79 Å². The second-order valence-corrected chi connectivity index (χ2v) is 2.04. The van der Waals surface area contributed by atoms with Gasteiger partial charge in [-0.05, 0) is 12.8 Å². The van der Waals surface area contributed by atoms with Crippen LogP contribution in [0.5, 0.6) is 0 Å². The van der Waals surface area contributed by atoms with E-state index >= 15 is 0 Å². The quantitative estimate of drug-likeness (QED) is 0.463. The lowest BCUT2D eigenvalue weighted by Crippen LogP contribution is -2.01. The third-order valence-corrected chi connectivity index (χ3v) is 1.46. The van der Waals surface area contributed by atoms with E-state index in [9.17, 15) is 4.79 Å². The highest BCUT2D eigenvalue weighted by atomic mass is 16.1. The van der Waals surface area contributed by atoms with Crippen LogP contribution in [-0.4, -0.2) is 5.78 Å². The van der Waals surface area contributed by atoms with E-state index in [1.54, 1.807) is 0 Å². The van der Waals surface area contributed by atoms with Crippen molar-refractivity contribution < 1.29 is 4.79 Å². The first-order valence-corrected chi connectivity index (χ1v) is 2.77. The summed E-state index contributed by atoms with van der Waals surface area (Å²) >= 11 is 0. The van der Waals surface area contributed by atoms with Crippen LogP contribution >= 0.6 is 0 Å². The SMILES string of the molecule is N#C[C@@H]1CCCC1=O. The molecule has 1 atom stereocenters. The molecule has 1 saturated carbocycles. The summed E-state index contributed by atoms with van der Waals surface area (Å²) in [5, 5.41) is 8.27. The van der Waals surface area contributed by atoms with Crippen LogP contribution in [0.25, 0.3) is 0 Å². The van der Waals surface area contributed by atoms with Crippen molar-refractivity contribution in [2.24, 2.45) is 5.92 Å². The predicted octanol–water partition coefficient (Wildman–Crippen LogP) is 0.879. The van der Waals surface area contributed by atoms with Gasteiger partial charge in [0.15, 0.2) is 0 Å². The molecule has 0 amide bonds. The fourth-order valence-corrected chi connectivity index (χ4v) is 0.952. The van der Waals surface area contributed by atoms with Gasteiger partial charge in [-0.2, -0.15) is 5.26 Å². The minimum Gasteiger partial charge on any atom is -0.298 e. The van der Waals surface area contributed by atoms with E-state index in [-0.39, 0.29) is 11.7 Å². The van der Waals surface area contributed by atoms with Gasteiger partial charge in [0.05, 0.1) is 6.07 Å². The molecule has 0 aromatic heterocycles. The summed E-state index contributed by atoms with van der Waals surface area (Å²) in [5.74, 6) is -0.137. The maximum atomic E-state index is 10.6. The number of hydrogen-bond acceptors (Lipinski definition) is 2. The zero-order valence-electron chi connectivity index (χ0n) is 4.55. The molecule has 8 heavy (non-hydrogen) atoms. The lowest BCUT2D eigenvalue weighted by Gasteiger charge is -1.87. The van der Waals surface area contributed by atoms with Crippen molar-refractivity contribution in [1.82, 2.24) is 0 Å². The fourth-order valence-electron chi connectivity index (χ4n) is 0.952. The van der Waals surface area contributed by atoms with E-state index < -0.39 is 0 Å². The smallest absolute Gasteiger partial charge is 0.149 e. The number of nitriles is 1. The topological polar surface area (TPSA) is 40.9 Å². The van der Waals surface area contributed by atoms with Crippen LogP contribution in [0.3, 0.4) is 0 Å². The van der Waals surface area contributed by atoms with E-state index in [0.29, 0.717) is 6.42 Å². The number of carbonyl (C=O) groups excluding carboxylic acids is 1. The monoisotopic (exact) mass is 109 g/mol.